The number of aromatic nitrogens is 1. The number of halogens is 2. The monoisotopic (exact) mass is 349 g/mol. The van der Waals surface area contributed by atoms with Gasteiger partial charge in [0, 0.05) is 5.38 Å². The molecule has 0 aliphatic carbocycles. The summed E-state index contributed by atoms with van der Waals surface area (Å²) in [6, 6.07) is 1.85. The standard InChI is InChI=1S/C12H13ClFN3O2S2/c1-6(2)10-5-20-12(16-10)17-21(18,19)11-4-9(15)8(14)3-7(11)13/h3-6H,15H2,1-2H3,(H,16,17). The minimum absolute atomic E-state index is 0.185. The molecule has 0 fully saturated rings. The lowest BCUT2D eigenvalue weighted by atomic mass is 10.2. The molecule has 0 aliphatic rings. The van der Waals surface area contributed by atoms with E-state index >= 15 is 0 Å². The van der Waals surface area contributed by atoms with Gasteiger partial charge in [-0.1, -0.05) is 25.4 Å². The van der Waals surface area contributed by atoms with Gasteiger partial charge < -0.3 is 5.73 Å². The largest absolute Gasteiger partial charge is 0.396 e. The molecule has 1 heterocycles. The first-order chi connectivity index (χ1) is 9.70. The highest BCUT2D eigenvalue weighted by atomic mass is 35.5. The van der Waals surface area contributed by atoms with Crippen LogP contribution in [0.2, 0.25) is 5.02 Å². The number of hydrogen-bond acceptors (Lipinski definition) is 5. The second kappa shape index (κ2) is 5.78. The molecule has 0 spiro atoms. The Balaban J connectivity index is 2.36. The van der Waals surface area contributed by atoms with Crippen molar-refractivity contribution in [2.75, 3.05) is 10.5 Å². The summed E-state index contributed by atoms with van der Waals surface area (Å²) in [7, 11) is -3.98. The van der Waals surface area contributed by atoms with Gasteiger partial charge in [-0.2, -0.15) is 0 Å². The number of hydrogen-bond donors (Lipinski definition) is 2. The highest BCUT2D eigenvalue weighted by molar-refractivity contribution is 7.93. The van der Waals surface area contributed by atoms with Crippen molar-refractivity contribution in [2.24, 2.45) is 0 Å². The fourth-order valence-corrected chi connectivity index (χ4v) is 4.19. The van der Waals surface area contributed by atoms with Gasteiger partial charge in [-0.15, -0.1) is 11.3 Å². The summed E-state index contributed by atoms with van der Waals surface area (Å²) in [5.74, 6) is -0.583. The van der Waals surface area contributed by atoms with Crippen molar-refractivity contribution in [2.45, 2.75) is 24.7 Å². The summed E-state index contributed by atoms with van der Waals surface area (Å²) >= 11 is 6.94. The lowest BCUT2D eigenvalue weighted by Gasteiger charge is -2.08. The third-order valence-corrected chi connectivity index (χ3v) is 5.38. The number of thiazole rings is 1. The van der Waals surface area contributed by atoms with E-state index in [1.54, 1.807) is 5.38 Å². The third kappa shape index (κ3) is 3.45. The molecule has 0 saturated carbocycles. The minimum atomic E-state index is -3.98. The maximum Gasteiger partial charge on any atom is 0.265 e. The van der Waals surface area contributed by atoms with Gasteiger partial charge in [-0.05, 0) is 18.1 Å². The van der Waals surface area contributed by atoms with Crippen LogP contribution in [0.5, 0.6) is 0 Å². The normalized spacial score (nSPS) is 11.9. The Kier molecular flexibility index (Phi) is 4.40. The highest BCUT2D eigenvalue weighted by Crippen LogP contribution is 2.29. The van der Waals surface area contributed by atoms with E-state index in [9.17, 15) is 12.8 Å². The van der Waals surface area contributed by atoms with Gasteiger partial charge in [-0.3, -0.25) is 4.72 Å². The summed E-state index contributed by atoms with van der Waals surface area (Å²) in [5, 5.41) is 1.75. The minimum Gasteiger partial charge on any atom is -0.396 e. The maximum absolute atomic E-state index is 13.2. The lowest BCUT2D eigenvalue weighted by Crippen LogP contribution is -2.14. The molecule has 114 valence electrons. The molecule has 2 rings (SSSR count). The first-order valence-electron chi connectivity index (χ1n) is 5.93. The van der Waals surface area contributed by atoms with Crippen molar-refractivity contribution in [1.82, 2.24) is 4.98 Å². The van der Waals surface area contributed by atoms with Crippen LogP contribution in [-0.4, -0.2) is 13.4 Å². The van der Waals surface area contributed by atoms with Crippen LogP contribution in [-0.2, 0) is 10.0 Å². The molecule has 0 saturated heterocycles. The third-order valence-electron chi connectivity index (χ3n) is 2.68. The van der Waals surface area contributed by atoms with Gasteiger partial charge >= 0.3 is 0 Å². The van der Waals surface area contributed by atoms with E-state index in [1.807, 2.05) is 13.8 Å². The van der Waals surface area contributed by atoms with Crippen LogP contribution in [0, 0.1) is 5.82 Å². The molecule has 9 heteroatoms. The number of sulfonamides is 1. The molecule has 3 N–H and O–H groups in total. The quantitative estimate of drug-likeness (QED) is 0.828. The molecule has 1 aromatic heterocycles. The number of benzene rings is 1. The summed E-state index contributed by atoms with van der Waals surface area (Å²) < 4.78 is 40.1. The van der Waals surface area contributed by atoms with E-state index in [1.165, 1.54) is 0 Å². The molecule has 0 amide bonds. The van der Waals surface area contributed by atoms with Crippen molar-refractivity contribution in [1.29, 1.82) is 0 Å². The number of nitrogens with two attached hydrogens (primary N) is 1. The molecule has 0 bridgehead atoms. The average Bonchev–Trinajstić information content (AvgIpc) is 2.81. The van der Waals surface area contributed by atoms with Crippen molar-refractivity contribution < 1.29 is 12.8 Å². The van der Waals surface area contributed by atoms with Gasteiger partial charge in [0.05, 0.1) is 16.4 Å². The summed E-state index contributed by atoms with van der Waals surface area (Å²) in [5.41, 5.74) is 5.87. The first kappa shape index (κ1) is 16.0. The summed E-state index contributed by atoms with van der Waals surface area (Å²) in [6.07, 6.45) is 0. The van der Waals surface area contributed by atoms with Crippen molar-refractivity contribution in [3.63, 3.8) is 0 Å². The van der Waals surface area contributed by atoms with Crippen LogP contribution in [0.25, 0.3) is 0 Å². The zero-order valence-corrected chi connectivity index (χ0v) is 13.6. The number of nitrogens with zero attached hydrogens (tertiary/aromatic N) is 1. The average molecular weight is 350 g/mol. The Morgan fingerprint density at radius 1 is 1.43 bits per heavy atom. The Bertz CT molecular complexity index is 775. The van der Waals surface area contributed by atoms with Crippen LogP contribution in [0.15, 0.2) is 22.4 Å². The Labute approximate surface area is 131 Å². The number of nitrogens with one attached hydrogen (secondary N) is 1. The fourth-order valence-electron chi connectivity index (χ4n) is 1.52. The second-order valence-electron chi connectivity index (χ2n) is 4.64. The molecule has 2 aromatic rings. The van der Waals surface area contributed by atoms with Crippen molar-refractivity contribution in [3.8, 4) is 0 Å². The predicted octanol–water partition coefficient (Wildman–Crippen LogP) is 3.44. The molecule has 5 nitrogen and oxygen atoms in total. The van der Waals surface area contributed by atoms with Gasteiger partial charge in [0.1, 0.15) is 10.7 Å². The molecule has 1 aromatic carbocycles. The second-order valence-corrected chi connectivity index (χ2v) is 7.56. The Morgan fingerprint density at radius 3 is 2.67 bits per heavy atom. The smallest absolute Gasteiger partial charge is 0.265 e. The Hall–Kier alpha value is -1.38. The SMILES string of the molecule is CC(C)c1csc(NS(=O)(=O)c2cc(N)c(F)cc2Cl)n1. The molecule has 21 heavy (non-hydrogen) atoms. The first-order valence-corrected chi connectivity index (χ1v) is 8.67. The predicted molar refractivity (Wildman–Crippen MR) is 82.8 cm³/mol. The molecule has 0 atom stereocenters. The van der Waals surface area contributed by atoms with Crippen LogP contribution >= 0.6 is 22.9 Å². The van der Waals surface area contributed by atoms with Crippen molar-refractivity contribution >= 4 is 43.8 Å². The topological polar surface area (TPSA) is 85.1 Å². The van der Waals surface area contributed by atoms with Crippen molar-refractivity contribution in [3.05, 3.63) is 34.0 Å². The van der Waals surface area contributed by atoms with Gasteiger partial charge in [0.15, 0.2) is 5.13 Å². The molecular weight excluding hydrogens is 337 g/mol. The lowest BCUT2D eigenvalue weighted by molar-refractivity contribution is 0.600. The molecular formula is C12H13ClFN3O2S2. The van der Waals surface area contributed by atoms with E-state index in [0.717, 1.165) is 29.2 Å². The highest BCUT2D eigenvalue weighted by Gasteiger charge is 2.21. The van der Waals surface area contributed by atoms with E-state index in [0.29, 0.717) is 0 Å². The fraction of sp³-hybridized carbons (Fsp3) is 0.250. The van der Waals surface area contributed by atoms with E-state index in [-0.39, 0.29) is 26.7 Å². The molecule has 0 radical (unpaired) electrons. The van der Waals surface area contributed by atoms with Crippen LogP contribution in [0.4, 0.5) is 15.2 Å². The zero-order valence-electron chi connectivity index (χ0n) is 11.2. The number of nitrogen functional groups attached to an aromatic ring is 1. The van der Waals surface area contributed by atoms with E-state index in [2.05, 4.69) is 9.71 Å². The molecule has 0 unspecified atom stereocenters. The molecule has 0 aliphatic heterocycles. The van der Waals surface area contributed by atoms with Gasteiger partial charge in [0.25, 0.3) is 10.0 Å². The summed E-state index contributed by atoms with van der Waals surface area (Å²) in [4.78, 5) is 3.88. The summed E-state index contributed by atoms with van der Waals surface area (Å²) in [6.45, 7) is 3.90. The van der Waals surface area contributed by atoms with E-state index in [4.69, 9.17) is 17.3 Å². The van der Waals surface area contributed by atoms with Gasteiger partial charge in [-0.25, -0.2) is 17.8 Å². The van der Waals surface area contributed by atoms with Crippen LogP contribution < -0.4 is 10.5 Å². The van der Waals surface area contributed by atoms with Gasteiger partial charge in [0.2, 0.25) is 0 Å². The van der Waals surface area contributed by atoms with Crippen LogP contribution in [0.1, 0.15) is 25.5 Å². The zero-order chi connectivity index (χ0) is 15.8. The number of rotatable bonds is 4. The maximum atomic E-state index is 13.2. The van der Waals surface area contributed by atoms with Crippen LogP contribution in [0.3, 0.4) is 0 Å². The Morgan fingerprint density at radius 2 is 2.10 bits per heavy atom. The van der Waals surface area contributed by atoms with E-state index < -0.39 is 15.8 Å². The number of anilines is 2.